The van der Waals surface area contributed by atoms with Crippen molar-refractivity contribution < 1.29 is 14.6 Å². The third kappa shape index (κ3) is 3.29. The number of aromatic hydroxyl groups is 1. The fourth-order valence-electron chi connectivity index (χ4n) is 1.82. The summed E-state index contributed by atoms with van der Waals surface area (Å²) in [4.78, 5) is 12.0. The number of aryl methyl sites for hydroxylation is 1. The highest BCUT2D eigenvalue weighted by Gasteiger charge is 2.07. The highest BCUT2D eigenvalue weighted by molar-refractivity contribution is 5.94. The second kappa shape index (κ2) is 6.10. The lowest BCUT2D eigenvalue weighted by molar-refractivity contribution is 0.0951. The molecule has 0 aromatic heterocycles. The number of carbonyl (C=O) groups is 1. The Bertz CT molecular complexity index is 606. The van der Waals surface area contributed by atoms with Crippen LogP contribution in [0, 0.1) is 6.92 Å². The quantitative estimate of drug-likeness (QED) is 0.898. The predicted molar refractivity (Wildman–Crippen MR) is 77.0 cm³/mol. The molecule has 0 aliphatic heterocycles. The van der Waals surface area contributed by atoms with Crippen LogP contribution in [0.1, 0.15) is 21.5 Å². The summed E-state index contributed by atoms with van der Waals surface area (Å²) >= 11 is 0. The van der Waals surface area contributed by atoms with Gasteiger partial charge < -0.3 is 15.2 Å². The van der Waals surface area contributed by atoms with Crippen molar-refractivity contribution in [2.24, 2.45) is 0 Å². The smallest absolute Gasteiger partial charge is 0.251 e. The summed E-state index contributed by atoms with van der Waals surface area (Å²) in [5, 5.41) is 12.3. The standard InChI is InChI=1S/C16H17NO3/c1-11-9-13(5-8-15(11)18)16(19)17-10-12-3-6-14(20-2)7-4-12/h3-9,18H,10H2,1-2H3,(H,17,19). The van der Waals surface area contributed by atoms with Crippen LogP contribution in [-0.4, -0.2) is 18.1 Å². The van der Waals surface area contributed by atoms with Gasteiger partial charge in [0.05, 0.1) is 7.11 Å². The lowest BCUT2D eigenvalue weighted by Gasteiger charge is -2.07. The van der Waals surface area contributed by atoms with Gasteiger partial charge >= 0.3 is 0 Å². The van der Waals surface area contributed by atoms with Crippen LogP contribution in [0.2, 0.25) is 0 Å². The van der Waals surface area contributed by atoms with E-state index in [4.69, 9.17) is 4.74 Å². The molecule has 2 aromatic carbocycles. The lowest BCUT2D eigenvalue weighted by atomic mass is 10.1. The van der Waals surface area contributed by atoms with Crippen LogP contribution < -0.4 is 10.1 Å². The summed E-state index contributed by atoms with van der Waals surface area (Å²) in [6.45, 7) is 2.21. The van der Waals surface area contributed by atoms with Crippen LogP contribution in [-0.2, 0) is 6.54 Å². The maximum Gasteiger partial charge on any atom is 0.251 e. The second-order valence-corrected chi connectivity index (χ2v) is 4.53. The normalized spacial score (nSPS) is 10.1. The molecule has 20 heavy (non-hydrogen) atoms. The highest BCUT2D eigenvalue weighted by atomic mass is 16.5. The summed E-state index contributed by atoms with van der Waals surface area (Å²) in [6, 6.07) is 12.3. The Morgan fingerprint density at radius 1 is 1.20 bits per heavy atom. The van der Waals surface area contributed by atoms with Gasteiger partial charge in [-0.1, -0.05) is 12.1 Å². The molecule has 0 spiro atoms. The molecule has 0 radical (unpaired) electrons. The van der Waals surface area contributed by atoms with E-state index in [1.54, 1.807) is 26.2 Å². The molecular formula is C16H17NO3. The molecule has 1 amide bonds. The molecule has 0 saturated carbocycles. The number of amides is 1. The number of rotatable bonds is 4. The van der Waals surface area contributed by atoms with Gasteiger partial charge in [-0.3, -0.25) is 4.79 Å². The highest BCUT2D eigenvalue weighted by Crippen LogP contribution is 2.17. The molecule has 2 rings (SSSR count). The topological polar surface area (TPSA) is 58.6 Å². The summed E-state index contributed by atoms with van der Waals surface area (Å²) < 4.78 is 5.08. The first-order valence-corrected chi connectivity index (χ1v) is 6.31. The van der Waals surface area contributed by atoms with E-state index < -0.39 is 0 Å². The van der Waals surface area contributed by atoms with Gasteiger partial charge in [-0.25, -0.2) is 0 Å². The first-order valence-electron chi connectivity index (χ1n) is 6.31. The van der Waals surface area contributed by atoms with Crippen LogP contribution >= 0.6 is 0 Å². The van der Waals surface area contributed by atoms with Gasteiger partial charge in [-0.2, -0.15) is 0 Å². The summed E-state index contributed by atoms with van der Waals surface area (Å²) in [5.41, 5.74) is 2.21. The Morgan fingerprint density at radius 3 is 2.50 bits per heavy atom. The van der Waals surface area contributed by atoms with Crippen molar-refractivity contribution in [2.45, 2.75) is 13.5 Å². The van der Waals surface area contributed by atoms with E-state index in [0.717, 1.165) is 11.3 Å². The summed E-state index contributed by atoms with van der Waals surface area (Å²) in [6.07, 6.45) is 0. The molecule has 0 unspecified atom stereocenters. The molecule has 4 heteroatoms. The zero-order valence-electron chi connectivity index (χ0n) is 11.5. The Labute approximate surface area is 118 Å². The van der Waals surface area contributed by atoms with E-state index >= 15 is 0 Å². The van der Waals surface area contributed by atoms with Crippen LogP contribution in [0.15, 0.2) is 42.5 Å². The minimum atomic E-state index is -0.163. The molecule has 2 N–H and O–H groups in total. The van der Waals surface area contributed by atoms with Gasteiger partial charge in [-0.15, -0.1) is 0 Å². The average molecular weight is 271 g/mol. The van der Waals surface area contributed by atoms with Crippen molar-refractivity contribution in [1.82, 2.24) is 5.32 Å². The second-order valence-electron chi connectivity index (χ2n) is 4.53. The van der Waals surface area contributed by atoms with E-state index in [1.165, 1.54) is 6.07 Å². The molecule has 0 atom stereocenters. The van der Waals surface area contributed by atoms with Gasteiger partial charge in [0.1, 0.15) is 11.5 Å². The number of nitrogens with one attached hydrogen (secondary N) is 1. The lowest BCUT2D eigenvalue weighted by Crippen LogP contribution is -2.22. The van der Waals surface area contributed by atoms with Crippen molar-refractivity contribution in [1.29, 1.82) is 0 Å². The van der Waals surface area contributed by atoms with Crippen molar-refractivity contribution in [3.05, 3.63) is 59.2 Å². The number of ether oxygens (including phenoxy) is 1. The maximum atomic E-state index is 12.0. The molecular weight excluding hydrogens is 254 g/mol. The van der Waals surface area contributed by atoms with Crippen LogP contribution in [0.5, 0.6) is 11.5 Å². The van der Waals surface area contributed by atoms with Crippen molar-refractivity contribution >= 4 is 5.91 Å². The Kier molecular flexibility index (Phi) is 4.25. The van der Waals surface area contributed by atoms with E-state index in [2.05, 4.69) is 5.32 Å². The number of hydrogen-bond acceptors (Lipinski definition) is 3. The largest absolute Gasteiger partial charge is 0.508 e. The van der Waals surface area contributed by atoms with Crippen molar-refractivity contribution in [2.75, 3.05) is 7.11 Å². The zero-order valence-corrected chi connectivity index (χ0v) is 11.5. The monoisotopic (exact) mass is 271 g/mol. The summed E-state index contributed by atoms with van der Waals surface area (Å²) in [5.74, 6) is 0.815. The Morgan fingerprint density at radius 2 is 1.90 bits per heavy atom. The molecule has 0 fully saturated rings. The van der Waals surface area contributed by atoms with E-state index in [-0.39, 0.29) is 11.7 Å². The fourth-order valence-corrected chi connectivity index (χ4v) is 1.82. The SMILES string of the molecule is COc1ccc(CNC(=O)c2ccc(O)c(C)c2)cc1. The molecule has 0 bridgehead atoms. The number of carbonyl (C=O) groups excluding carboxylic acids is 1. The van der Waals surface area contributed by atoms with Gasteiger partial charge in [0.25, 0.3) is 5.91 Å². The van der Waals surface area contributed by atoms with E-state index in [9.17, 15) is 9.90 Å². The molecule has 4 nitrogen and oxygen atoms in total. The number of hydrogen-bond donors (Lipinski definition) is 2. The first-order chi connectivity index (χ1) is 9.60. The van der Waals surface area contributed by atoms with Crippen LogP contribution in [0.25, 0.3) is 0 Å². The number of benzene rings is 2. The average Bonchev–Trinajstić information content (AvgIpc) is 2.48. The number of phenols is 1. The Balaban J connectivity index is 1.98. The number of methoxy groups -OCH3 is 1. The first kappa shape index (κ1) is 13.9. The molecule has 104 valence electrons. The minimum absolute atomic E-state index is 0.163. The Hall–Kier alpha value is -2.49. The van der Waals surface area contributed by atoms with Crippen molar-refractivity contribution in [3.8, 4) is 11.5 Å². The third-order valence-electron chi connectivity index (χ3n) is 3.07. The molecule has 2 aromatic rings. The van der Waals surface area contributed by atoms with E-state index in [1.807, 2.05) is 24.3 Å². The van der Waals surface area contributed by atoms with Gasteiger partial charge in [0, 0.05) is 12.1 Å². The van der Waals surface area contributed by atoms with Crippen LogP contribution in [0.4, 0.5) is 0 Å². The fraction of sp³-hybridized carbons (Fsp3) is 0.188. The number of phenolic OH excluding ortho intramolecular Hbond substituents is 1. The van der Waals surface area contributed by atoms with Gasteiger partial charge in [0.15, 0.2) is 0 Å². The summed E-state index contributed by atoms with van der Waals surface area (Å²) in [7, 11) is 1.62. The predicted octanol–water partition coefficient (Wildman–Crippen LogP) is 2.64. The third-order valence-corrected chi connectivity index (χ3v) is 3.07. The van der Waals surface area contributed by atoms with Crippen molar-refractivity contribution in [3.63, 3.8) is 0 Å². The molecule has 0 saturated heterocycles. The van der Waals surface area contributed by atoms with Gasteiger partial charge in [-0.05, 0) is 48.4 Å². The molecule has 0 aliphatic rings. The van der Waals surface area contributed by atoms with Crippen LogP contribution in [0.3, 0.4) is 0 Å². The maximum absolute atomic E-state index is 12.0. The van der Waals surface area contributed by atoms with E-state index in [0.29, 0.717) is 17.7 Å². The zero-order chi connectivity index (χ0) is 14.5. The van der Waals surface area contributed by atoms with Gasteiger partial charge in [0.2, 0.25) is 0 Å². The molecule has 0 aliphatic carbocycles. The molecule has 0 heterocycles. The minimum Gasteiger partial charge on any atom is -0.508 e.